The lowest BCUT2D eigenvalue weighted by Gasteiger charge is -2.25. The minimum Gasteiger partial charge on any atom is -0.469 e. The smallest absolute Gasteiger partial charge is 0.338 e. The van der Waals surface area contributed by atoms with E-state index >= 15 is 0 Å². The van der Waals surface area contributed by atoms with Crippen molar-refractivity contribution in [2.45, 2.75) is 20.3 Å². The standard InChI is InChI=1S/C17H22BrNO5/c1-11(2)10-19(8-7-15(20)23-3)16(21)13-6-5-12(18)9-14(13)17(22)24-4/h5-6,9,11H,7-8,10H2,1-4H3. The minimum absolute atomic E-state index is 0.0963. The monoisotopic (exact) mass is 399 g/mol. The molecular formula is C17H22BrNO5. The van der Waals surface area contributed by atoms with Crippen LogP contribution in [-0.2, 0) is 14.3 Å². The summed E-state index contributed by atoms with van der Waals surface area (Å²) >= 11 is 3.29. The molecular weight excluding hydrogens is 378 g/mol. The van der Waals surface area contributed by atoms with Gasteiger partial charge in [0.05, 0.1) is 31.8 Å². The summed E-state index contributed by atoms with van der Waals surface area (Å²) in [5, 5.41) is 0. The summed E-state index contributed by atoms with van der Waals surface area (Å²) < 4.78 is 10.1. The summed E-state index contributed by atoms with van der Waals surface area (Å²) in [5.41, 5.74) is 0.430. The van der Waals surface area contributed by atoms with Crippen LogP contribution in [0.5, 0.6) is 0 Å². The van der Waals surface area contributed by atoms with Gasteiger partial charge in [0.1, 0.15) is 0 Å². The zero-order valence-electron chi connectivity index (χ0n) is 14.3. The second-order valence-electron chi connectivity index (χ2n) is 5.65. The number of amides is 1. The average molecular weight is 400 g/mol. The number of benzene rings is 1. The number of rotatable bonds is 7. The first kappa shape index (κ1) is 20.2. The van der Waals surface area contributed by atoms with Gasteiger partial charge >= 0.3 is 11.9 Å². The minimum atomic E-state index is -0.586. The normalized spacial score (nSPS) is 10.4. The molecule has 1 aromatic rings. The number of nitrogens with zero attached hydrogens (tertiary/aromatic N) is 1. The van der Waals surface area contributed by atoms with Crippen LogP contribution < -0.4 is 0 Å². The Balaban J connectivity index is 3.13. The Morgan fingerprint density at radius 1 is 1.12 bits per heavy atom. The molecule has 7 heteroatoms. The fourth-order valence-corrected chi connectivity index (χ4v) is 2.56. The molecule has 132 valence electrons. The van der Waals surface area contributed by atoms with Gasteiger partial charge < -0.3 is 14.4 Å². The molecule has 0 saturated carbocycles. The highest BCUT2D eigenvalue weighted by Gasteiger charge is 2.24. The van der Waals surface area contributed by atoms with E-state index in [0.717, 1.165) is 0 Å². The number of esters is 2. The maximum Gasteiger partial charge on any atom is 0.338 e. The molecule has 0 heterocycles. The van der Waals surface area contributed by atoms with Crippen LogP contribution in [0.4, 0.5) is 0 Å². The molecule has 0 aliphatic carbocycles. The Bertz CT molecular complexity index is 615. The molecule has 0 aliphatic rings. The van der Waals surface area contributed by atoms with Crippen molar-refractivity contribution in [1.82, 2.24) is 4.90 Å². The van der Waals surface area contributed by atoms with E-state index < -0.39 is 5.97 Å². The largest absolute Gasteiger partial charge is 0.469 e. The van der Waals surface area contributed by atoms with Gasteiger partial charge in [-0.3, -0.25) is 9.59 Å². The lowest BCUT2D eigenvalue weighted by Crippen LogP contribution is -2.37. The summed E-state index contributed by atoms with van der Waals surface area (Å²) in [4.78, 5) is 37.8. The molecule has 0 fully saturated rings. The van der Waals surface area contributed by atoms with Crippen LogP contribution >= 0.6 is 15.9 Å². The van der Waals surface area contributed by atoms with E-state index in [2.05, 4.69) is 20.7 Å². The zero-order chi connectivity index (χ0) is 18.3. The molecule has 0 aliphatic heterocycles. The maximum absolute atomic E-state index is 12.9. The van der Waals surface area contributed by atoms with Gasteiger partial charge in [-0.2, -0.15) is 0 Å². The van der Waals surface area contributed by atoms with Gasteiger partial charge in [0.25, 0.3) is 5.91 Å². The highest BCUT2D eigenvalue weighted by atomic mass is 79.9. The van der Waals surface area contributed by atoms with Crippen LogP contribution in [-0.4, -0.2) is 50.1 Å². The zero-order valence-corrected chi connectivity index (χ0v) is 15.9. The predicted octanol–water partition coefficient (Wildman–Crippen LogP) is 2.90. The van der Waals surface area contributed by atoms with Gasteiger partial charge in [0.15, 0.2) is 0 Å². The first-order chi connectivity index (χ1) is 11.3. The Morgan fingerprint density at radius 2 is 1.79 bits per heavy atom. The fourth-order valence-electron chi connectivity index (χ4n) is 2.20. The van der Waals surface area contributed by atoms with Crippen molar-refractivity contribution in [2.24, 2.45) is 5.92 Å². The number of carbonyl (C=O) groups is 3. The third-order valence-corrected chi connectivity index (χ3v) is 3.80. The van der Waals surface area contributed by atoms with E-state index in [1.165, 1.54) is 14.2 Å². The fraction of sp³-hybridized carbons (Fsp3) is 0.471. The molecule has 0 bridgehead atoms. The third kappa shape index (κ3) is 5.63. The Hall–Kier alpha value is -1.89. The van der Waals surface area contributed by atoms with Crippen LogP contribution in [0.1, 0.15) is 41.0 Å². The predicted molar refractivity (Wildman–Crippen MR) is 92.9 cm³/mol. The van der Waals surface area contributed by atoms with Crippen molar-refractivity contribution >= 4 is 33.8 Å². The van der Waals surface area contributed by atoms with Crippen molar-refractivity contribution < 1.29 is 23.9 Å². The van der Waals surface area contributed by atoms with Crippen molar-refractivity contribution in [3.05, 3.63) is 33.8 Å². The van der Waals surface area contributed by atoms with Crippen molar-refractivity contribution in [3.8, 4) is 0 Å². The van der Waals surface area contributed by atoms with Gasteiger partial charge in [0.2, 0.25) is 0 Å². The number of hydrogen-bond acceptors (Lipinski definition) is 5. The third-order valence-electron chi connectivity index (χ3n) is 3.30. The molecule has 6 nitrogen and oxygen atoms in total. The van der Waals surface area contributed by atoms with E-state index in [-0.39, 0.29) is 41.9 Å². The van der Waals surface area contributed by atoms with E-state index in [9.17, 15) is 14.4 Å². The summed E-state index contributed by atoms with van der Waals surface area (Å²) in [7, 11) is 2.57. The molecule has 0 N–H and O–H groups in total. The Kier molecular flexibility index (Phi) is 7.91. The van der Waals surface area contributed by atoms with Crippen LogP contribution in [0, 0.1) is 5.92 Å². The first-order valence-electron chi connectivity index (χ1n) is 7.54. The maximum atomic E-state index is 12.9. The van der Waals surface area contributed by atoms with Crippen LogP contribution in [0.2, 0.25) is 0 Å². The second kappa shape index (κ2) is 9.42. The summed E-state index contributed by atoms with van der Waals surface area (Å²) in [5.74, 6) is -1.08. The number of methoxy groups -OCH3 is 2. The van der Waals surface area contributed by atoms with Crippen LogP contribution in [0.3, 0.4) is 0 Å². The van der Waals surface area contributed by atoms with Crippen molar-refractivity contribution in [2.75, 3.05) is 27.3 Å². The van der Waals surface area contributed by atoms with Crippen molar-refractivity contribution in [3.63, 3.8) is 0 Å². The van der Waals surface area contributed by atoms with Gasteiger partial charge in [-0.25, -0.2) is 4.79 Å². The molecule has 0 radical (unpaired) electrons. The number of carbonyl (C=O) groups excluding carboxylic acids is 3. The van der Waals surface area contributed by atoms with Gasteiger partial charge in [-0.05, 0) is 24.1 Å². The molecule has 24 heavy (non-hydrogen) atoms. The summed E-state index contributed by atoms with van der Waals surface area (Å²) in [6.45, 7) is 4.63. The quantitative estimate of drug-likeness (QED) is 0.659. The van der Waals surface area contributed by atoms with Gasteiger partial charge in [0, 0.05) is 17.6 Å². The average Bonchev–Trinajstić information content (AvgIpc) is 2.56. The van der Waals surface area contributed by atoms with Crippen LogP contribution in [0.15, 0.2) is 22.7 Å². The van der Waals surface area contributed by atoms with E-state index in [1.807, 2.05) is 13.8 Å². The summed E-state index contributed by atoms with van der Waals surface area (Å²) in [6, 6.07) is 4.81. The molecule has 1 aromatic carbocycles. The number of hydrogen-bond donors (Lipinski definition) is 0. The molecule has 0 atom stereocenters. The van der Waals surface area contributed by atoms with Gasteiger partial charge in [-0.1, -0.05) is 29.8 Å². The molecule has 0 spiro atoms. The van der Waals surface area contributed by atoms with Crippen LogP contribution in [0.25, 0.3) is 0 Å². The molecule has 1 rings (SSSR count). The Morgan fingerprint density at radius 3 is 2.33 bits per heavy atom. The molecule has 0 aromatic heterocycles. The SMILES string of the molecule is COC(=O)CCN(CC(C)C)C(=O)c1ccc(Br)cc1C(=O)OC. The summed E-state index contributed by atoms with van der Waals surface area (Å²) in [6.07, 6.45) is 0.0963. The van der Waals surface area contributed by atoms with E-state index in [4.69, 9.17) is 4.74 Å². The topological polar surface area (TPSA) is 72.9 Å². The number of halogens is 1. The van der Waals surface area contributed by atoms with Gasteiger partial charge in [-0.15, -0.1) is 0 Å². The van der Waals surface area contributed by atoms with Crippen molar-refractivity contribution in [1.29, 1.82) is 0 Å². The highest BCUT2D eigenvalue weighted by molar-refractivity contribution is 9.10. The lowest BCUT2D eigenvalue weighted by atomic mass is 10.1. The Labute approximate surface area is 150 Å². The highest BCUT2D eigenvalue weighted by Crippen LogP contribution is 2.20. The molecule has 0 unspecified atom stereocenters. The molecule has 1 amide bonds. The van der Waals surface area contributed by atoms with E-state index in [0.29, 0.717) is 11.0 Å². The van der Waals surface area contributed by atoms with E-state index in [1.54, 1.807) is 23.1 Å². The molecule has 0 saturated heterocycles. The lowest BCUT2D eigenvalue weighted by molar-refractivity contribution is -0.140. The second-order valence-corrected chi connectivity index (χ2v) is 6.57. The first-order valence-corrected chi connectivity index (χ1v) is 8.33. The number of ether oxygens (including phenoxy) is 2.